The van der Waals surface area contributed by atoms with Crippen molar-refractivity contribution < 1.29 is 18.0 Å². The molecule has 0 saturated heterocycles. The molecule has 214 valence electrons. The lowest BCUT2D eigenvalue weighted by Crippen LogP contribution is -2.50. The molecule has 7 nitrogen and oxygen atoms in total. The van der Waals surface area contributed by atoms with Crippen molar-refractivity contribution in [3.63, 3.8) is 0 Å². The van der Waals surface area contributed by atoms with Gasteiger partial charge in [0.2, 0.25) is 21.8 Å². The summed E-state index contributed by atoms with van der Waals surface area (Å²) in [5, 5.41) is 3.72. The monoisotopic (exact) mass is 603 g/mol. The average molecular weight is 605 g/mol. The maximum absolute atomic E-state index is 13.8. The Balaban J connectivity index is 1.91. The van der Waals surface area contributed by atoms with Crippen LogP contribution < -0.4 is 9.62 Å². The van der Waals surface area contributed by atoms with Gasteiger partial charge >= 0.3 is 0 Å². The molecular weight excluding hydrogens is 569 g/mol. The zero-order valence-electron chi connectivity index (χ0n) is 22.7. The van der Waals surface area contributed by atoms with E-state index in [0.29, 0.717) is 34.3 Å². The first kappa shape index (κ1) is 31.5. The molecule has 0 spiro atoms. The predicted molar refractivity (Wildman–Crippen MR) is 162 cm³/mol. The van der Waals surface area contributed by atoms with Gasteiger partial charge < -0.3 is 10.2 Å². The van der Waals surface area contributed by atoms with Gasteiger partial charge in [0.25, 0.3) is 0 Å². The lowest BCUT2D eigenvalue weighted by molar-refractivity contribution is -0.141. The number of anilines is 1. The van der Waals surface area contributed by atoms with E-state index in [2.05, 4.69) is 5.32 Å². The fourth-order valence-corrected chi connectivity index (χ4v) is 5.85. The van der Waals surface area contributed by atoms with Crippen molar-refractivity contribution in [2.45, 2.75) is 45.2 Å². The van der Waals surface area contributed by atoms with Gasteiger partial charge in [-0.25, -0.2) is 8.42 Å². The minimum Gasteiger partial charge on any atom is -0.354 e. The quantitative estimate of drug-likeness (QED) is 0.256. The largest absolute Gasteiger partial charge is 0.354 e. The fraction of sp³-hybridized carbons (Fsp3) is 0.333. The van der Waals surface area contributed by atoms with Gasteiger partial charge in [0.1, 0.15) is 6.04 Å². The topological polar surface area (TPSA) is 86.8 Å². The first-order chi connectivity index (χ1) is 19.1. The highest BCUT2D eigenvalue weighted by atomic mass is 35.5. The van der Waals surface area contributed by atoms with Crippen LogP contribution >= 0.6 is 23.2 Å². The maximum atomic E-state index is 13.8. The van der Waals surface area contributed by atoms with Crippen LogP contribution in [-0.2, 0) is 32.6 Å². The first-order valence-corrected chi connectivity index (χ1v) is 15.8. The van der Waals surface area contributed by atoms with Crippen LogP contribution in [0.15, 0.2) is 78.9 Å². The van der Waals surface area contributed by atoms with Crippen LogP contribution in [0.1, 0.15) is 37.3 Å². The van der Waals surface area contributed by atoms with Gasteiger partial charge in [-0.05, 0) is 42.7 Å². The van der Waals surface area contributed by atoms with E-state index in [-0.39, 0.29) is 37.7 Å². The number of hydrogen-bond acceptors (Lipinski definition) is 4. The summed E-state index contributed by atoms with van der Waals surface area (Å²) in [5.41, 5.74) is 1.97. The van der Waals surface area contributed by atoms with Crippen molar-refractivity contribution in [2.24, 2.45) is 0 Å². The van der Waals surface area contributed by atoms with Crippen LogP contribution in [0.4, 0.5) is 5.69 Å². The number of rotatable bonds is 14. The lowest BCUT2D eigenvalue weighted by Gasteiger charge is -2.32. The lowest BCUT2D eigenvalue weighted by atomic mass is 10.0. The third-order valence-corrected chi connectivity index (χ3v) is 8.31. The first-order valence-electron chi connectivity index (χ1n) is 13.2. The molecule has 0 aromatic heterocycles. The molecule has 3 rings (SSSR count). The summed E-state index contributed by atoms with van der Waals surface area (Å²) in [7, 11) is -3.57. The SMILES string of the molecule is CCCNC(=O)C(Cc1ccccc1)N(Cc1c(Cl)cccc1Cl)C(=O)CCCN(c1ccccc1)S(C)(=O)=O. The van der Waals surface area contributed by atoms with Crippen LogP contribution in [0.2, 0.25) is 10.0 Å². The van der Waals surface area contributed by atoms with Gasteiger partial charge in [0.15, 0.2) is 0 Å². The van der Waals surface area contributed by atoms with E-state index in [1.54, 1.807) is 42.5 Å². The van der Waals surface area contributed by atoms with Gasteiger partial charge in [-0.15, -0.1) is 0 Å². The molecule has 0 heterocycles. The highest BCUT2D eigenvalue weighted by Gasteiger charge is 2.31. The molecule has 0 saturated carbocycles. The Morgan fingerprint density at radius 2 is 1.50 bits per heavy atom. The van der Waals surface area contributed by atoms with E-state index in [9.17, 15) is 18.0 Å². The van der Waals surface area contributed by atoms with E-state index in [1.807, 2.05) is 43.3 Å². The Labute approximate surface area is 247 Å². The van der Waals surface area contributed by atoms with E-state index in [4.69, 9.17) is 23.2 Å². The molecule has 0 aliphatic rings. The molecule has 1 unspecified atom stereocenters. The average Bonchev–Trinajstić information content (AvgIpc) is 2.93. The van der Waals surface area contributed by atoms with Crippen LogP contribution in [0, 0.1) is 0 Å². The second kappa shape index (κ2) is 15.1. The number of carbonyl (C=O) groups excluding carboxylic acids is 2. The molecule has 40 heavy (non-hydrogen) atoms. The van der Waals surface area contributed by atoms with Crippen LogP contribution in [-0.4, -0.2) is 50.5 Å². The third kappa shape index (κ3) is 8.98. The molecule has 1 atom stereocenters. The zero-order valence-corrected chi connectivity index (χ0v) is 25.1. The van der Waals surface area contributed by atoms with Crippen LogP contribution in [0.5, 0.6) is 0 Å². The van der Waals surface area contributed by atoms with E-state index in [1.165, 1.54) is 9.21 Å². The Hall–Kier alpha value is -3.07. The molecule has 0 aliphatic heterocycles. The fourth-order valence-electron chi connectivity index (χ4n) is 4.37. The van der Waals surface area contributed by atoms with E-state index in [0.717, 1.165) is 18.2 Å². The summed E-state index contributed by atoms with van der Waals surface area (Å²) < 4.78 is 26.3. The van der Waals surface area contributed by atoms with Crippen molar-refractivity contribution in [1.29, 1.82) is 0 Å². The van der Waals surface area contributed by atoms with Crippen molar-refractivity contribution in [3.05, 3.63) is 100 Å². The minimum atomic E-state index is -3.57. The van der Waals surface area contributed by atoms with Crippen LogP contribution in [0.25, 0.3) is 0 Å². The van der Waals surface area contributed by atoms with Crippen molar-refractivity contribution in [2.75, 3.05) is 23.7 Å². The molecule has 10 heteroatoms. The number of amides is 2. The smallest absolute Gasteiger partial charge is 0.243 e. The molecule has 3 aromatic rings. The number of carbonyl (C=O) groups is 2. The number of halogens is 2. The van der Waals surface area contributed by atoms with Crippen LogP contribution in [0.3, 0.4) is 0 Å². The number of sulfonamides is 1. The number of benzene rings is 3. The highest BCUT2D eigenvalue weighted by Crippen LogP contribution is 2.28. The summed E-state index contributed by atoms with van der Waals surface area (Å²) in [6, 6.07) is 22.5. The van der Waals surface area contributed by atoms with Crippen molar-refractivity contribution in [1.82, 2.24) is 10.2 Å². The molecule has 0 radical (unpaired) electrons. The maximum Gasteiger partial charge on any atom is 0.243 e. The Morgan fingerprint density at radius 1 is 0.900 bits per heavy atom. The van der Waals surface area contributed by atoms with E-state index >= 15 is 0 Å². The van der Waals surface area contributed by atoms with Crippen molar-refractivity contribution in [3.8, 4) is 0 Å². The summed E-state index contributed by atoms with van der Waals surface area (Å²) >= 11 is 12.9. The Morgan fingerprint density at radius 3 is 2.08 bits per heavy atom. The predicted octanol–water partition coefficient (Wildman–Crippen LogP) is 5.71. The summed E-state index contributed by atoms with van der Waals surface area (Å²) in [5.74, 6) is -0.575. The third-order valence-electron chi connectivity index (χ3n) is 6.41. The van der Waals surface area contributed by atoms with Gasteiger partial charge in [0.05, 0.1) is 11.9 Å². The van der Waals surface area contributed by atoms with Gasteiger partial charge in [-0.3, -0.25) is 13.9 Å². The zero-order chi connectivity index (χ0) is 29.1. The summed E-state index contributed by atoms with van der Waals surface area (Å²) in [6.45, 7) is 2.57. The normalized spacial score (nSPS) is 12.0. The second-order valence-corrected chi connectivity index (χ2v) is 12.2. The van der Waals surface area contributed by atoms with Gasteiger partial charge in [0, 0.05) is 48.1 Å². The summed E-state index contributed by atoms with van der Waals surface area (Å²) in [6.07, 6.45) is 2.45. The highest BCUT2D eigenvalue weighted by molar-refractivity contribution is 7.92. The van der Waals surface area contributed by atoms with Gasteiger partial charge in [-0.2, -0.15) is 0 Å². The van der Waals surface area contributed by atoms with E-state index < -0.39 is 16.1 Å². The second-order valence-electron chi connectivity index (χ2n) is 9.49. The Kier molecular flexibility index (Phi) is 11.9. The number of nitrogens with one attached hydrogen (secondary N) is 1. The number of para-hydroxylation sites is 1. The molecule has 0 fully saturated rings. The number of nitrogens with zero attached hydrogens (tertiary/aromatic N) is 2. The molecule has 1 N–H and O–H groups in total. The Bertz CT molecular complexity index is 1350. The molecule has 2 amide bonds. The standard InChI is InChI=1S/C30H35Cl2N3O4S/c1-3-19-33-30(37)28(21-23-12-6-4-7-13-23)34(22-25-26(31)16-10-17-27(25)32)29(36)18-11-20-35(40(2,38)39)24-14-8-5-9-15-24/h4-10,12-17,28H,3,11,18-22H2,1-2H3,(H,33,37). The molecule has 3 aromatic carbocycles. The molecule has 0 aliphatic carbocycles. The number of hydrogen-bond donors (Lipinski definition) is 1. The molecule has 0 bridgehead atoms. The summed E-state index contributed by atoms with van der Waals surface area (Å²) in [4.78, 5) is 28.8. The van der Waals surface area contributed by atoms with Crippen molar-refractivity contribution >= 4 is 50.7 Å². The minimum absolute atomic E-state index is 0.0211. The molecular formula is C30H35Cl2N3O4S. The van der Waals surface area contributed by atoms with Gasteiger partial charge in [-0.1, -0.05) is 84.7 Å².